The second-order valence-electron chi connectivity index (χ2n) is 4.47. The number of carbonyl (C=O) groups excluding carboxylic acids is 1. The third-order valence-electron chi connectivity index (χ3n) is 2.92. The molecule has 0 bridgehead atoms. The largest absolute Gasteiger partial charge is 0.378 e. The average Bonchev–Trinajstić information content (AvgIpc) is 2.79. The zero-order valence-electron chi connectivity index (χ0n) is 10.4. The molecule has 1 saturated heterocycles. The number of carbonyl (C=O) groups is 1. The van der Waals surface area contributed by atoms with Crippen molar-refractivity contribution in [2.24, 2.45) is 0 Å². The number of anilines is 1. The normalized spacial score (nSPS) is 19.0. The van der Waals surface area contributed by atoms with Gasteiger partial charge >= 0.3 is 0 Å². The lowest BCUT2D eigenvalue weighted by Gasteiger charge is -2.10. The van der Waals surface area contributed by atoms with E-state index in [1.807, 2.05) is 0 Å². The number of ether oxygens (including phenoxy) is 1. The van der Waals surface area contributed by atoms with Gasteiger partial charge in [-0.15, -0.1) is 0 Å². The molecule has 5 nitrogen and oxygen atoms in total. The first-order valence-electron chi connectivity index (χ1n) is 6.02. The topological polar surface area (TPSA) is 72.5 Å². The van der Waals surface area contributed by atoms with Gasteiger partial charge in [-0.2, -0.15) is 0 Å². The van der Waals surface area contributed by atoms with Crippen molar-refractivity contribution < 1.29 is 17.9 Å². The van der Waals surface area contributed by atoms with Crippen LogP contribution in [0.25, 0.3) is 0 Å². The second kappa shape index (κ2) is 6.43. The molecule has 110 valence electrons. The third-order valence-corrected chi connectivity index (χ3v) is 5.21. The van der Waals surface area contributed by atoms with Gasteiger partial charge in [0.15, 0.2) is 0 Å². The lowest BCUT2D eigenvalue weighted by atomic mass is 10.2. The van der Waals surface area contributed by atoms with E-state index in [9.17, 15) is 13.2 Å². The van der Waals surface area contributed by atoms with Crippen molar-refractivity contribution in [1.29, 1.82) is 0 Å². The van der Waals surface area contributed by atoms with E-state index in [2.05, 4.69) is 21.2 Å². The lowest BCUT2D eigenvalue weighted by Crippen LogP contribution is -2.19. The lowest BCUT2D eigenvalue weighted by molar-refractivity contribution is -0.118. The van der Waals surface area contributed by atoms with E-state index in [-0.39, 0.29) is 16.9 Å². The van der Waals surface area contributed by atoms with Crippen LogP contribution in [0.2, 0.25) is 0 Å². The van der Waals surface area contributed by atoms with E-state index < -0.39 is 9.05 Å². The minimum Gasteiger partial charge on any atom is -0.378 e. The van der Waals surface area contributed by atoms with Gasteiger partial charge in [0.25, 0.3) is 9.05 Å². The fourth-order valence-corrected chi connectivity index (χ4v) is 4.22. The van der Waals surface area contributed by atoms with Gasteiger partial charge in [0.2, 0.25) is 5.91 Å². The van der Waals surface area contributed by atoms with Crippen molar-refractivity contribution in [3.8, 4) is 0 Å². The molecule has 0 spiro atoms. The molecule has 0 radical (unpaired) electrons. The van der Waals surface area contributed by atoms with Gasteiger partial charge in [0.05, 0.1) is 17.4 Å². The number of rotatable bonds is 4. The summed E-state index contributed by atoms with van der Waals surface area (Å²) in [6.45, 7) is 0.700. The molecule has 1 aliphatic heterocycles. The molecule has 0 saturated carbocycles. The second-order valence-corrected chi connectivity index (χ2v) is 7.86. The molecule has 2 rings (SSSR count). The van der Waals surface area contributed by atoms with Crippen LogP contribution in [0.3, 0.4) is 0 Å². The summed E-state index contributed by atoms with van der Waals surface area (Å²) in [5.74, 6) is -0.162. The first-order chi connectivity index (χ1) is 9.36. The number of hydrogen-bond donors (Lipinski definition) is 1. The molecule has 0 aliphatic carbocycles. The van der Waals surface area contributed by atoms with Crippen LogP contribution in [0.1, 0.15) is 19.3 Å². The monoisotopic (exact) mass is 381 g/mol. The molecular formula is C12H13BrClNO4S. The van der Waals surface area contributed by atoms with Crippen LogP contribution >= 0.6 is 26.6 Å². The fourth-order valence-electron chi connectivity index (χ4n) is 2.00. The van der Waals surface area contributed by atoms with Crippen molar-refractivity contribution in [1.82, 2.24) is 0 Å². The van der Waals surface area contributed by atoms with Gasteiger partial charge in [0, 0.05) is 27.4 Å². The van der Waals surface area contributed by atoms with Crippen molar-refractivity contribution in [2.75, 3.05) is 11.9 Å². The first kappa shape index (κ1) is 15.8. The van der Waals surface area contributed by atoms with E-state index in [1.165, 1.54) is 18.2 Å². The van der Waals surface area contributed by atoms with Crippen LogP contribution in [0, 0.1) is 0 Å². The Hall–Kier alpha value is -0.630. The molecule has 1 amide bonds. The number of hydrogen-bond acceptors (Lipinski definition) is 4. The highest BCUT2D eigenvalue weighted by Gasteiger charge is 2.20. The highest BCUT2D eigenvalue weighted by atomic mass is 79.9. The van der Waals surface area contributed by atoms with Crippen LogP contribution in [-0.4, -0.2) is 27.0 Å². The SMILES string of the molecule is O=C(CC1CCCO1)Nc1ccc(S(=O)(=O)Cl)c(Br)c1. The summed E-state index contributed by atoms with van der Waals surface area (Å²) < 4.78 is 28.2. The molecule has 8 heteroatoms. The van der Waals surface area contributed by atoms with Crippen molar-refractivity contribution >= 4 is 47.3 Å². The Balaban J connectivity index is 2.03. The Labute approximate surface area is 130 Å². The summed E-state index contributed by atoms with van der Waals surface area (Å²) in [4.78, 5) is 11.8. The first-order valence-corrected chi connectivity index (χ1v) is 9.12. The minimum atomic E-state index is -3.80. The quantitative estimate of drug-likeness (QED) is 0.813. The maximum Gasteiger partial charge on any atom is 0.262 e. The molecular weight excluding hydrogens is 370 g/mol. The summed E-state index contributed by atoms with van der Waals surface area (Å²) in [5.41, 5.74) is 0.504. The molecule has 1 unspecified atom stereocenters. The van der Waals surface area contributed by atoms with Gasteiger partial charge < -0.3 is 10.1 Å². The van der Waals surface area contributed by atoms with Gasteiger partial charge in [0.1, 0.15) is 0 Å². The number of amides is 1. The molecule has 1 atom stereocenters. The summed E-state index contributed by atoms with van der Waals surface area (Å²) in [7, 11) is 1.47. The van der Waals surface area contributed by atoms with E-state index in [1.54, 1.807) is 0 Å². The predicted octanol–water partition coefficient (Wildman–Crippen LogP) is 2.88. The van der Waals surface area contributed by atoms with E-state index >= 15 is 0 Å². The summed E-state index contributed by atoms with van der Waals surface area (Å²) >= 11 is 3.12. The molecule has 1 N–H and O–H groups in total. The maximum absolute atomic E-state index is 11.8. The fraction of sp³-hybridized carbons (Fsp3) is 0.417. The Bertz CT molecular complexity index is 614. The highest BCUT2D eigenvalue weighted by molar-refractivity contribution is 9.10. The van der Waals surface area contributed by atoms with Gasteiger partial charge in [-0.3, -0.25) is 4.79 Å². The zero-order chi connectivity index (χ0) is 14.8. The molecule has 1 fully saturated rings. The van der Waals surface area contributed by atoms with Gasteiger partial charge in [-0.05, 0) is 47.0 Å². The molecule has 20 heavy (non-hydrogen) atoms. The molecule has 1 aliphatic rings. The van der Waals surface area contributed by atoms with E-state index in [0.717, 1.165) is 12.8 Å². The summed E-state index contributed by atoms with van der Waals surface area (Å²) in [6.07, 6.45) is 2.14. The van der Waals surface area contributed by atoms with E-state index in [0.29, 0.717) is 23.2 Å². The van der Waals surface area contributed by atoms with Gasteiger partial charge in [-0.1, -0.05) is 0 Å². The van der Waals surface area contributed by atoms with Crippen LogP contribution in [0.4, 0.5) is 5.69 Å². The molecule has 1 aromatic carbocycles. The van der Waals surface area contributed by atoms with Crippen molar-refractivity contribution in [3.05, 3.63) is 22.7 Å². The number of nitrogens with one attached hydrogen (secondary N) is 1. The van der Waals surface area contributed by atoms with Crippen LogP contribution in [-0.2, 0) is 18.6 Å². The highest BCUT2D eigenvalue weighted by Crippen LogP contribution is 2.28. The molecule has 0 aromatic heterocycles. The number of benzene rings is 1. The summed E-state index contributed by atoms with van der Waals surface area (Å²) in [5, 5.41) is 2.70. The van der Waals surface area contributed by atoms with Crippen molar-refractivity contribution in [2.45, 2.75) is 30.3 Å². The summed E-state index contributed by atoms with van der Waals surface area (Å²) in [6, 6.07) is 4.34. The van der Waals surface area contributed by atoms with Crippen molar-refractivity contribution in [3.63, 3.8) is 0 Å². The zero-order valence-corrected chi connectivity index (χ0v) is 13.6. The Morgan fingerprint density at radius 3 is 2.80 bits per heavy atom. The molecule has 1 aromatic rings. The number of halogens is 2. The standard InChI is InChI=1S/C12H13BrClNO4S/c13-10-6-8(3-4-11(10)20(14,17)18)15-12(16)7-9-2-1-5-19-9/h3-4,6,9H,1-2,5,7H2,(H,15,16). The smallest absolute Gasteiger partial charge is 0.262 e. The van der Waals surface area contributed by atoms with Crippen LogP contribution in [0.15, 0.2) is 27.6 Å². The average molecular weight is 383 g/mol. The Morgan fingerprint density at radius 1 is 1.50 bits per heavy atom. The van der Waals surface area contributed by atoms with Gasteiger partial charge in [-0.25, -0.2) is 8.42 Å². The predicted molar refractivity (Wildman–Crippen MR) is 79.4 cm³/mol. The third kappa shape index (κ3) is 4.18. The molecule has 1 heterocycles. The maximum atomic E-state index is 11.8. The van der Waals surface area contributed by atoms with Crippen LogP contribution in [0.5, 0.6) is 0 Å². The minimum absolute atomic E-state index is 0.0269. The Kier molecular flexibility index (Phi) is 5.06. The van der Waals surface area contributed by atoms with Crippen LogP contribution < -0.4 is 5.32 Å². The van der Waals surface area contributed by atoms with E-state index in [4.69, 9.17) is 15.4 Å². The Morgan fingerprint density at radius 2 is 2.25 bits per heavy atom.